The van der Waals surface area contributed by atoms with Crippen molar-refractivity contribution < 1.29 is 23.7 Å². The highest BCUT2D eigenvalue weighted by atomic mass is 16.5. The molecule has 9 nitrogen and oxygen atoms in total. The van der Waals surface area contributed by atoms with Crippen LogP contribution in [0.5, 0.6) is 17.2 Å². The lowest BCUT2D eigenvalue weighted by Gasteiger charge is -2.33. The van der Waals surface area contributed by atoms with Gasteiger partial charge in [0.25, 0.3) is 5.91 Å². The number of nitrogens with zero attached hydrogens (tertiary/aromatic N) is 4. The first-order valence-electron chi connectivity index (χ1n) is 18.2. The number of aromatic nitrogens is 2. The van der Waals surface area contributed by atoms with Crippen molar-refractivity contribution in [3.63, 3.8) is 0 Å². The van der Waals surface area contributed by atoms with Crippen LogP contribution in [0.3, 0.4) is 0 Å². The molecule has 0 aliphatic carbocycles. The molecule has 0 N–H and O–H groups in total. The first kappa shape index (κ1) is 38.7. The number of amides is 1. The van der Waals surface area contributed by atoms with E-state index in [1.165, 1.54) is 23.9 Å². The Morgan fingerprint density at radius 2 is 1.58 bits per heavy atom. The molecule has 0 bridgehead atoms. The second-order valence-electron chi connectivity index (χ2n) is 13.0. The van der Waals surface area contributed by atoms with Crippen molar-refractivity contribution >= 4 is 16.9 Å². The molecule has 1 unspecified atom stereocenters. The first-order valence-corrected chi connectivity index (χ1v) is 18.2. The van der Waals surface area contributed by atoms with E-state index in [2.05, 4.69) is 64.7 Å². The van der Waals surface area contributed by atoms with Gasteiger partial charge in [-0.3, -0.25) is 4.79 Å². The zero-order chi connectivity index (χ0) is 35.9. The number of imidazole rings is 1. The minimum atomic E-state index is -0.0459. The number of para-hydroxylation sites is 2. The lowest BCUT2D eigenvalue weighted by Crippen LogP contribution is -2.38. The van der Waals surface area contributed by atoms with Crippen LogP contribution in [-0.4, -0.2) is 92.5 Å². The van der Waals surface area contributed by atoms with Crippen molar-refractivity contribution in [1.82, 2.24) is 19.4 Å². The third kappa shape index (κ3) is 9.58. The van der Waals surface area contributed by atoms with Gasteiger partial charge in [-0.05, 0) is 89.0 Å². The number of hydrogen-bond donors (Lipinski definition) is 0. The summed E-state index contributed by atoms with van der Waals surface area (Å²) in [5.74, 6) is 2.54. The third-order valence-corrected chi connectivity index (χ3v) is 9.72. The van der Waals surface area contributed by atoms with Crippen molar-refractivity contribution in [2.75, 3.05) is 67.3 Å². The van der Waals surface area contributed by atoms with Crippen molar-refractivity contribution in [1.29, 1.82) is 0 Å². The topological polar surface area (TPSA) is 78.3 Å². The highest BCUT2D eigenvalue weighted by Crippen LogP contribution is 2.41. The second kappa shape index (κ2) is 19.3. The summed E-state index contributed by atoms with van der Waals surface area (Å²) in [5.41, 5.74) is 4.09. The van der Waals surface area contributed by atoms with Gasteiger partial charge in [-0.2, -0.15) is 0 Å². The second-order valence-corrected chi connectivity index (χ2v) is 13.0. The fraction of sp³-hybridized carbons (Fsp3) is 0.512. The average Bonchev–Trinajstić information content (AvgIpc) is 3.74. The Labute approximate surface area is 299 Å². The Bertz CT molecular complexity index is 1600. The van der Waals surface area contributed by atoms with Gasteiger partial charge in [0.2, 0.25) is 5.75 Å². The highest BCUT2D eigenvalue weighted by Gasteiger charge is 2.41. The van der Waals surface area contributed by atoms with Gasteiger partial charge in [-0.1, -0.05) is 62.7 Å². The summed E-state index contributed by atoms with van der Waals surface area (Å²) in [4.78, 5) is 22.7. The van der Waals surface area contributed by atoms with E-state index in [-0.39, 0.29) is 11.3 Å². The van der Waals surface area contributed by atoms with Crippen LogP contribution < -0.4 is 14.2 Å². The molecule has 1 saturated heterocycles. The predicted molar refractivity (Wildman–Crippen MR) is 202 cm³/mol. The van der Waals surface area contributed by atoms with Crippen LogP contribution >= 0.6 is 0 Å². The van der Waals surface area contributed by atoms with Gasteiger partial charge in [-0.25, -0.2) is 4.98 Å². The number of carbonyl (C=O) groups is 1. The molecular formula is C41H58N4O5. The molecule has 5 rings (SSSR count). The van der Waals surface area contributed by atoms with Gasteiger partial charge in [0.1, 0.15) is 5.82 Å². The minimum Gasteiger partial charge on any atom is -0.493 e. The molecule has 1 aromatic heterocycles. The molecule has 1 amide bonds. The third-order valence-electron chi connectivity index (χ3n) is 9.72. The smallest absolute Gasteiger partial charge is 0.254 e. The number of hydrogen-bond acceptors (Lipinski definition) is 7. The quantitative estimate of drug-likeness (QED) is 0.105. The highest BCUT2D eigenvalue weighted by molar-refractivity contribution is 5.96. The maximum atomic E-state index is 13.6. The summed E-state index contributed by atoms with van der Waals surface area (Å²) < 4.78 is 24.0. The van der Waals surface area contributed by atoms with Gasteiger partial charge in [0.05, 0.1) is 39.0 Å². The van der Waals surface area contributed by atoms with E-state index >= 15 is 0 Å². The summed E-state index contributed by atoms with van der Waals surface area (Å²) in [6, 6.07) is 22.4. The SMILES string of the molecule is CCCCN(CCC)CCC1(c2ccccc2)CCN(C(=O)c2cc(OC)c(OC)c(OC)c2)C1.CCOCCn1c(C)nc2ccccc21. The fourth-order valence-corrected chi connectivity index (χ4v) is 6.99. The average molecular weight is 687 g/mol. The largest absolute Gasteiger partial charge is 0.493 e. The molecule has 9 heteroatoms. The van der Waals surface area contributed by atoms with Crippen LogP contribution in [0, 0.1) is 6.92 Å². The van der Waals surface area contributed by atoms with Crippen LogP contribution in [0.25, 0.3) is 11.0 Å². The van der Waals surface area contributed by atoms with Gasteiger partial charge in [-0.15, -0.1) is 0 Å². The molecule has 1 aliphatic rings. The van der Waals surface area contributed by atoms with Crippen LogP contribution in [0.1, 0.15) is 74.6 Å². The maximum Gasteiger partial charge on any atom is 0.254 e. The number of likely N-dealkylation sites (tertiary alicyclic amines) is 1. The van der Waals surface area contributed by atoms with E-state index < -0.39 is 0 Å². The molecule has 1 fully saturated rings. The van der Waals surface area contributed by atoms with Crippen LogP contribution in [-0.2, 0) is 16.7 Å². The molecule has 0 saturated carbocycles. The lowest BCUT2D eigenvalue weighted by molar-refractivity contribution is 0.0780. The fourth-order valence-electron chi connectivity index (χ4n) is 6.99. The summed E-state index contributed by atoms with van der Waals surface area (Å²) in [6.45, 7) is 15.7. The van der Waals surface area contributed by atoms with Crippen molar-refractivity contribution in [3.05, 3.63) is 83.7 Å². The minimum absolute atomic E-state index is 0.00143. The molecule has 272 valence electrons. The first-order chi connectivity index (χ1) is 24.3. The molecule has 4 aromatic rings. The number of carbonyl (C=O) groups excluding carboxylic acids is 1. The summed E-state index contributed by atoms with van der Waals surface area (Å²) in [6.07, 6.45) is 5.60. The maximum absolute atomic E-state index is 13.6. The number of fused-ring (bicyclic) bond motifs is 1. The zero-order valence-corrected chi connectivity index (χ0v) is 31.4. The molecule has 2 heterocycles. The number of unbranched alkanes of at least 4 members (excludes halogenated alkanes) is 1. The van der Waals surface area contributed by atoms with Gasteiger partial charge < -0.3 is 33.3 Å². The molecule has 50 heavy (non-hydrogen) atoms. The van der Waals surface area contributed by atoms with Crippen LogP contribution in [0.4, 0.5) is 0 Å². The van der Waals surface area contributed by atoms with Crippen molar-refractivity contribution in [3.8, 4) is 17.2 Å². The Hall–Kier alpha value is -4.08. The van der Waals surface area contributed by atoms with E-state index in [0.717, 1.165) is 76.5 Å². The normalized spacial score (nSPS) is 15.6. The van der Waals surface area contributed by atoms with E-state index in [0.29, 0.717) is 29.4 Å². The monoisotopic (exact) mass is 686 g/mol. The predicted octanol–water partition coefficient (Wildman–Crippen LogP) is 7.78. The van der Waals surface area contributed by atoms with E-state index in [1.807, 2.05) is 36.9 Å². The standard InChI is InChI=1S/C29H42N2O4.C12H16N2O/c1-6-8-17-30(16-7-2)18-14-29(24-12-10-9-11-13-24)15-19-31(22-29)28(32)23-20-25(33-3)27(35-5)26(21-23)34-4;1-3-15-9-8-14-10(2)13-11-6-4-5-7-12(11)14/h9-13,20-21H,6-8,14-19,22H2,1-5H3;4-7H,3,8-9H2,1-2H3. The van der Waals surface area contributed by atoms with Crippen molar-refractivity contribution in [2.24, 2.45) is 0 Å². The molecule has 1 aliphatic heterocycles. The van der Waals surface area contributed by atoms with E-state index in [9.17, 15) is 4.79 Å². The van der Waals surface area contributed by atoms with Gasteiger partial charge in [0.15, 0.2) is 11.5 Å². The number of aryl methyl sites for hydroxylation is 1. The summed E-state index contributed by atoms with van der Waals surface area (Å²) in [5, 5.41) is 0. The molecule has 0 radical (unpaired) electrons. The number of ether oxygens (including phenoxy) is 4. The zero-order valence-electron chi connectivity index (χ0n) is 31.4. The van der Waals surface area contributed by atoms with Gasteiger partial charge >= 0.3 is 0 Å². The van der Waals surface area contributed by atoms with Crippen LogP contribution in [0.15, 0.2) is 66.7 Å². The Kier molecular flexibility index (Phi) is 15.0. The van der Waals surface area contributed by atoms with Crippen molar-refractivity contribution in [2.45, 2.75) is 71.8 Å². The lowest BCUT2D eigenvalue weighted by atomic mass is 9.76. The summed E-state index contributed by atoms with van der Waals surface area (Å²) in [7, 11) is 4.71. The number of rotatable bonds is 17. The van der Waals surface area contributed by atoms with E-state index in [1.54, 1.807) is 33.5 Å². The molecular weight excluding hydrogens is 628 g/mol. The number of benzene rings is 3. The van der Waals surface area contributed by atoms with E-state index in [4.69, 9.17) is 18.9 Å². The van der Waals surface area contributed by atoms with Gasteiger partial charge in [0, 0.05) is 37.2 Å². The Morgan fingerprint density at radius 3 is 2.22 bits per heavy atom. The Morgan fingerprint density at radius 1 is 0.880 bits per heavy atom. The van der Waals surface area contributed by atoms with Crippen LogP contribution in [0.2, 0.25) is 0 Å². The molecule has 3 aromatic carbocycles. The molecule has 0 spiro atoms. The summed E-state index contributed by atoms with van der Waals surface area (Å²) >= 11 is 0. The molecule has 1 atom stereocenters. The Balaban J connectivity index is 0.000000310. The number of methoxy groups -OCH3 is 3.